The summed E-state index contributed by atoms with van der Waals surface area (Å²) < 4.78 is 19.3. The zero-order valence-corrected chi connectivity index (χ0v) is 12.7. The highest BCUT2D eigenvalue weighted by Gasteiger charge is 2.31. The normalized spacial score (nSPS) is 14.1. The van der Waals surface area contributed by atoms with Gasteiger partial charge in [0.25, 0.3) is 0 Å². The highest BCUT2D eigenvalue weighted by molar-refractivity contribution is 9.11. The third-order valence-electron chi connectivity index (χ3n) is 2.23. The lowest BCUT2D eigenvalue weighted by atomic mass is 10.0. The molecule has 0 aliphatic carbocycles. The number of phenols is 1. The first-order valence-electron chi connectivity index (χ1n) is 5.12. The topological polar surface area (TPSA) is 72.5 Å². The van der Waals surface area contributed by atoms with Crippen molar-refractivity contribution in [2.75, 3.05) is 6.61 Å². The van der Waals surface area contributed by atoms with Crippen LogP contribution in [0.25, 0.3) is 0 Å². The zero-order chi connectivity index (χ0) is 13.9. The minimum absolute atomic E-state index is 0.0689. The van der Waals surface area contributed by atoms with Gasteiger partial charge in [-0.25, -0.2) is 9.18 Å². The minimum Gasteiger partial charge on any atom is -0.508 e. The number of nitrogens with two attached hydrogens (primary N) is 1. The number of aromatic hydroxyl groups is 1. The maximum Gasteiger partial charge on any atom is 0.342 e. The van der Waals surface area contributed by atoms with Crippen LogP contribution in [0.2, 0.25) is 0 Å². The number of hydrogen-bond acceptors (Lipinski definition) is 4. The van der Waals surface area contributed by atoms with Gasteiger partial charge in [-0.15, -0.1) is 0 Å². The lowest BCUT2D eigenvalue weighted by molar-refractivity contribution is -0.149. The number of phenolic OH excluding ortho intramolecular Hbond substituents is 1. The molecule has 0 heterocycles. The second kappa shape index (κ2) is 6.49. The monoisotopic (exact) mass is 383 g/mol. The van der Waals surface area contributed by atoms with Gasteiger partial charge in [-0.1, -0.05) is 31.9 Å². The molecule has 0 saturated carbocycles. The molecule has 3 N–H and O–H groups in total. The lowest BCUT2D eigenvalue weighted by Crippen LogP contribution is -2.31. The first kappa shape index (κ1) is 15.4. The zero-order valence-electron chi connectivity index (χ0n) is 9.49. The first-order valence-corrected chi connectivity index (χ1v) is 6.71. The van der Waals surface area contributed by atoms with Crippen LogP contribution in [0.5, 0.6) is 5.75 Å². The molecule has 7 heteroatoms. The van der Waals surface area contributed by atoms with Crippen molar-refractivity contribution in [2.45, 2.75) is 19.1 Å². The Balaban J connectivity index is 3.03. The van der Waals surface area contributed by atoms with Gasteiger partial charge in [-0.3, -0.25) is 0 Å². The van der Waals surface area contributed by atoms with Crippen molar-refractivity contribution in [2.24, 2.45) is 5.73 Å². The molecule has 0 bridgehead atoms. The number of alkyl halides is 1. The molecule has 1 unspecified atom stereocenters. The number of benzene rings is 1. The van der Waals surface area contributed by atoms with Crippen molar-refractivity contribution in [3.63, 3.8) is 0 Å². The average molecular weight is 385 g/mol. The van der Waals surface area contributed by atoms with E-state index in [9.17, 15) is 14.3 Å². The molecule has 0 aliphatic rings. The molecule has 0 radical (unpaired) electrons. The number of hydrogen-bond donors (Lipinski definition) is 2. The van der Waals surface area contributed by atoms with Crippen LogP contribution < -0.4 is 5.73 Å². The van der Waals surface area contributed by atoms with Gasteiger partial charge in [-0.05, 0) is 19.1 Å². The number of ether oxygens (including phenoxy) is 1. The van der Waals surface area contributed by atoms with E-state index in [4.69, 9.17) is 5.73 Å². The smallest absolute Gasteiger partial charge is 0.342 e. The summed E-state index contributed by atoms with van der Waals surface area (Å²) >= 11 is 6.34. The molecule has 4 nitrogen and oxygen atoms in total. The Bertz CT molecular complexity index is 433. The summed E-state index contributed by atoms with van der Waals surface area (Å²) in [6, 6.07) is 1.68. The van der Waals surface area contributed by atoms with Gasteiger partial charge in [-0.2, -0.15) is 0 Å². The average Bonchev–Trinajstić information content (AvgIpc) is 2.26. The van der Waals surface area contributed by atoms with Crippen LogP contribution in [0.3, 0.4) is 0 Å². The van der Waals surface area contributed by atoms with Crippen LogP contribution in [0, 0.1) is 0 Å². The number of rotatable bonds is 4. The number of esters is 1. The fourth-order valence-electron chi connectivity index (χ4n) is 1.42. The largest absolute Gasteiger partial charge is 0.508 e. The molecule has 0 aliphatic heterocycles. The van der Waals surface area contributed by atoms with Crippen LogP contribution in [0.4, 0.5) is 4.39 Å². The number of carbonyl (C=O) groups is 1. The van der Waals surface area contributed by atoms with Gasteiger partial charge in [0.05, 0.1) is 12.6 Å². The Kier molecular flexibility index (Phi) is 5.55. The highest BCUT2D eigenvalue weighted by atomic mass is 79.9. The van der Waals surface area contributed by atoms with E-state index in [0.29, 0.717) is 8.95 Å². The third-order valence-corrected chi connectivity index (χ3v) is 3.35. The predicted octanol–water partition coefficient (Wildman–Crippen LogP) is 2.82. The van der Waals surface area contributed by atoms with Crippen molar-refractivity contribution >= 4 is 37.8 Å². The summed E-state index contributed by atoms with van der Waals surface area (Å²) in [6.07, 6.45) is -2.03. The van der Waals surface area contributed by atoms with Gasteiger partial charge < -0.3 is 15.6 Å². The van der Waals surface area contributed by atoms with Crippen LogP contribution >= 0.6 is 31.9 Å². The lowest BCUT2D eigenvalue weighted by Gasteiger charge is -2.18. The Morgan fingerprint density at radius 1 is 1.56 bits per heavy atom. The number of carbonyl (C=O) groups excluding carboxylic acids is 1. The molecular weight excluding hydrogens is 373 g/mol. The standard InChI is InChI=1S/C11H12Br2FNO3/c1-2-18-11(17)9(14)10(15)8-6(13)3-5(12)4-7(8)16/h3-4,9-10,16H,2,15H2,1H3/t9?,10-/m1/s1. The van der Waals surface area contributed by atoms with Crippen molar-refractivity contribution in [3.05, 3.63) is 26.6 Å². The molecule has 0 aromatic heterocycles. The Labute approximate surface area is 121 Å². The van der Waals surface area contributed by atoms with E-state index in [1.807, 2.05) is 0 Å². The summed E-state index contributed by atoms with van der Waals surface area (Å²) in [6.45, 7) is 1.64. The van der Waals surface area contributed by atoms with Crippen molar-refractivity contribution in [1.29, 1.82) is 0 Å². The van der Waals surface area contributed by atoms with Crippen molar-refractivity contribution < 1.29 is 19.0 Å². The third kappa shape index (κ3) is 3.43. The van der Waals surface area contributed by atoms with E-state index in [0.717, 1.165) is 0 Å². The molecule has 1 rings (SSSR count). The Morgan fingerprint density at radius 2 is 2.17 bits per heavy atom. The molecule has 1 aromatic carbocycles. The second-order valence-corrected chi connectivity index (χ2v) is 5.27. The van der Waals surface area contributed by atoms with Gasteiger partial charge >= 0.3 is 5.97 Å². The Hall–Kier alpha value is -0.660. The molecule has 100 valence electrons. The minimum atomic E-state index is -2.03. The maximum atomic E-state index is 13.8. The van der Waals surface area contributed by atoms with Gasteiger partial charge in [0.1, 0.15) is 5.75 Å². The molecule has 0 amide bonds. The SMILES string of the molecule is CCOC(=O)C(F)[C@H](N)c1c(O)cc(Br)cc1Br. The van der Waals surface area contributed by atoms with Crippen molar-refractivity contribution in [1.82, 2.24) is 0 Å². The summed E-state index contributed by atoms with van der Waals surface area (Å²) in [5.74, 6) is -1.24. The van der Waals surface area contributed by atoms with Gasteiger partial charge in [0, 0.05) is 14.5 Å². The van der Waals surface area contributed by atoms with Crippen LogP contribution in [0.1, 0.15) is 18.5 Å². The van der Waals surface area contributed by atoms with E-state index in [1.165, 1.54) is 6.07 Å². The Morgan fingerprint density at radius 3 is 2.67 bits per heavy atom. The van der Waals surface area contributed by atoms with Gasteiger partial charge in [0.15, 0.2) is 0 Å². The quantitative estimate of drug-likeness (QED) is 0.783. The second-order valence-electron chi connectivity index (χ2n) is 3.50. The maximum absolute atomic E-state index is 13.8. The van der Waals surface area contributed by atoms with Gasteiger partial charge in [0.2, 0.25) is 6.17 Å². The van der Waals surface area contributed by atoms with E-state index >= 15 is 0 Å². The first-order chi connectivity index (χ1) is 8.38. The molecule has 1 aromatic rings. The van der Waals surface area contributed by atoms with E-state index in [2.05, 4.69) is 36.6 Å². The summed E-state index contributed by atoms with van der Waals surface area (Å²) in [5.41, 5.74) is 5.76. The van der Waals surface area contributed by atoms with Crippen molar-refractivity contribution in [3.8, 4) is 5.75 Å². The van der Waals surface area contributed by atoms with E-state index in [-0.39, 0.29) is 17.9 Å². The molecular formula is C11H12Br2FNO3. The van der Waals surface area contributed by atoms with E-state index in [1.54, 1.807) is 13.0 Å². The summed E-state index contributed by atoms with van der Waals surface area (Å²) in [5, 5.41) is 9.74. The molecule has 0 saturated heterocycles. The van der Waals surface area contributed by atoms with Crippen LogP contribution in [0.15, 0.2) is 21.1 Å². The van der Waals surface area contributed by atoms with Crippen LogP contribution in [-0.2, 0) is 9.53 Å². The molecule has 0 fully saturated rings. The fourth-order valence-corrected chi connectivity index (χ4v) is 2.88. The molecule has 18 heavy (non-hydrogen) atoms. The molecule has 0 spiro atoms. The summed E-state index contributed by atoms with van der Waals surface area (Å²) in [4.78, 5) is 11.3. The van der Waals surface area contributed by atoms with E-state index < -0.39 is 18.2 Å². The number of halogens is 3. The van der Waals surface area contributed by atoms with Crippen LogP contribution in [-0.4, -0.2) is 23.9 Å². The molecule has 2 atom stereocenters. The summed E-state index contributed by atoms with van der Waals surface area (Å²) in [7, 11) is 0. The predicted molar refractivity (Wildman–Crippen MR) is 72.0 cm³/mol. The highest BCUT2D eigenvalue weighted by Crippen LogP contribution is 2.36. The fraction of sp³-hybridized carbons (Fsp3) is 0.364.